The molecule has 1 aliphatic carbocycles. The smallest absolute Gasteiger partial charge is 0.0540 e. The second-order valence-corrected chi connectivity index (χ2v) is 5.74. The second-order valence-electron chi connectivity index (χ2n) is 4.73. The molecule has 0 atom stereocenters. The summed E-state index contributed by atoms with van der Waals surface area (Å²) in [4.78, 5) is 3.96. The lowest BCUT2D eigenvalue weighted by molar-refractivity contribution is 0.257. The highest BCUT2D eigenvalue weighted by molar-refractivity contribution is 7.10. The van der Waals surface area contributed by atoms with E-state index in [2.05, 4.69) is 35.1 Å². The summed E-state index contributed by atoms with van der Waals surface area (Å²) in [5.74, 6) is 6.19. The number of rotatable bonds is 6. The Bertz CT molecular complexity index is 425. The summed E-state index contributed by atoms with van der Waals surface area (Å²) in [6, 6.07) is 2.91. The third-order valence-electron chi connectivity index (χ3n) is 3.13. The van der Waals surface area contributed by atoms with Crippen LogP contribution in [0.15, 0.2) is 11.4 Å². The zero-order chi connectivity index (χ0) is 12.8. The van der Waals surface area contributed by atoms with Gasteiger partial charge in [-0.05, 0) is 37.3 Å². The van der Waals surface area contributed by atoms with E-state index in [-0.39, 0.29) is 6.61 Å². The van der Waals surface area contributed by atoms with Crippen LogP contribution < -0.4 is 0 Å². The first-order valence-corrected chi connectivity index (χ1v) is 7.63. The summed E-state index contributed by atoms with van der Waals surface area (Å²) in [6.07, 6.45) is 4.50. The van der Waals surface area contributed by atoms with E-state index >= 15 is 0 Å². The van der Waals surface area contributed by atoms with E-state index in [0.717, 1.165) is 18.2 Å². The Labute approximate surface area is 114 Å². The van der Waals surface area contributed by atoms with E-state index in [4.69, 9.17) is 5.11 Å². The quantitative estimate of drug-likeness (QED) is 0.798. The minimum atomic E-state index is 0.149. The lowest BCUT2D eigenvalue weighted by Gasteiger charge is -2.20. The monoisotopic (exact) mass is 263 g/mol. The third kappa shape index (κ3) is 3.84. The van der Waals surface area contributed by atoms with E-state index in [1.54, 1.807) is 11.3 Å². The van der Waals surface area contributed by atoms with Gasteiger partial charge in [-0.25, -0.2) is 0 Å². The highest BCUT2D eigenvalue weighted by Crippen LogP contribution is 2.30. The van der Waals surface area contributed by atoms with Crippen molar-refractivity contribution in [1.82, 2.24) is 4.90 Å². The Hall–Kier alpha value is -0.820. The molecule has 0 bridgehead atoms. The standard InChI is InChI=1S/C15H21NOS/c1-2-9-16(14-6-7-14)12-15-13(8-11-18-15)5-3-4-10-17/h8,11,14,17H,2,4,6-7,9-10,12H2,1H3. The second kappa shape index (κ2) is 6.94. The fourth-order valence-corrected chi connectivity index (χ4v) is 2.94. The predicted octanol–water partition coefficient (Wildman–Crippen LogP) is 2.86. The van der Waals surface area contributed by atoms with Gasteiger partial charge in [-0.1, -0.05) is 18.8 Å². The van der Waals surface area contributed by atoms with Crippen molar-refractivity contribution in [3.8, 4) is 11.8 Å². The summed E-state index contributed by atoms with van der Waals surface area (Å²) in [5.41, 5.74) is 1.15. The first-order chi connectivity index (χ1) is 8.85. The van der Waals surface area contributed by atoms with Crippen LogP contribution in [0.25, 0.3) is 0 Å². The van der Waals surface area contributed by atoms with Gasteiger partial charge in [0.1, 0.15) is 0 Å². The van der Waals surface area contributed by atoms with Gasteiger partial charge in [-0.15, -0.1) is 11.3 Å². The lowest BCUT2D eigenvalue weighted by Crippen LogP contribution is -2.26. The Morgan fingerprint density at radius 3 is 3.00 bits per heavy atom. The molecular weight excluding hydrogens is 242 g/mol. The molecule has 98 valence electrons. The van der Waals surface area contributed by atoms with Crippen molar-refractivity contribution >= 4 is 11.3 Å². The van der Waals surface area contributed by atoms with Crippen molar-refractivity contribution in [1.29, 1.82) is 0 Å². The van der Waals surface area contributed by atoms with E-state index < -0.39 is 0 Å². The van der Waals surface area contributed by atoms with Crippen molar-refractivity contribution < 1.29 is 5.11 Å². The molecule has 0 unspecified atom stereocenters. The topological polar surface area (TPSA) is 23.5 Å². The normalized spacial score (nSPS) is 14.6. The van der Waals surface area contributed by atoms with Gasteiger partial charge < -0.3 is 5.11 Å². The number of aliphatic hydroxyl groups excluding tert-OH is 1. The largest absolute Gasteiger partial charge is 0.395 e. The molecule has 1 fully saturated rings. The number of hydrogen-bond acceptors (Lipinski definition) is 3. The molecule has 1 aromatic rings. The van der Waals surface area contributed by atoms with Crippen molar-refractivity contribution in [2.75, 3.05) is 13.2 Å². The molecule has 1 aromatic heterocycles. The van der Waals surface area contributed by atoms with Gasteiger partial charge in [0, 0.05) is 29.4 Å². The predicted molar refractivity (Wildman–Crippen MR) is 76.6 cm³/mol. The van der Waals surface area contributed by atoms with Gasteiger partial charge in [0.25, 0.3) is 0 Å². The number of hydrogen-bond donors (Lipinski definition) is 1. The molecule has 0 amide bonds. The maximum absolute atomic E-state index is 8.75. The van der Waals surface area contributed by atoms with E-state index in [1.807, 2.05) is 0 Å². The van der Waals surface area contributed by atoms with Crippen molar-refractivity contribution in [2.45, 2.75) is 45.2 Å². The van der Waals surface area contributed by atoms with Crippen LogP contribution >= 0.6 is 11.3 Å². The Balaban J connectivity index is 1.99. The van der Waals surface area contributed by atoms with Gasteiger partial charge in [0.15, 0.2) is 0 Å². The molecule has 0 aromatic carbocycles. The zero-order valence-corrected chi connectivity index (χ0v) is 11.8. The number of aliphatic hydroxyl groups is 1. The molecule has 1 heterocycles. The van der Waals surface area contributed by atoms with E-state index in [9.17, 15) is 0 Å². The fraction of sp³-hybridized carbons (Fsp3) is 0.600. The molecule has 2 rings (SSSR count). The average Bonchev–Trinajstić information content (AvgIpc) is 3.12. The summed E-state index contributed by atoms with van der Waals surface area (Å²) >= 11 is 1.80. The molecule has 0 radical (unpaired) electrons. The van der Waals surface area contributed by atoms with Crippen LogP contribution in [0.3, 0.4) is 0 Å². The first-order valence-electron chi connectivity index (χ1n) is 6.75. The van der Waals surface area contributed by atoms with E-state index in [0.29, 0.717) is 6.42 Å². The third-order valence-corrected chi connectivity index (χ3v) is 4.03. The molecule has 2 nitrogen and oxygen atoms in total. The van der Waals surface area contributed by atoms with Crippen LogP contribution in [0.2, 0.25) is 0 Å². The molecule has 18 heavy (non-hydrogen) atoms. The summed E-state index contributed by atoms with van der Waals surface area (Å²) in [6.45, 7) is 4.62. The summed E-state index contributed by atoms with van der Waals surface area (Å²) in [7, 11) is 0. The van der Waals surface area contributed by atoms with Crippen molar-refractivity contribution in [3.05, 3.63) is 21.9 Å². The van der Waals surface area contributed by atoms with Crippen LogP contribution in [-0.4, -0.2) is 29.2 Å². The summed E-state index contributed by atoms with van der Waals surface area (Å²) in [5, 5.41) is 10.9. The molecule has 1 N–H and O–H groups in total. The van der Waals surface area contributed by atoms with Gasteiger partial charge in [0.2, 0.25) is 0 Å². The Kier molecular flexibility index (Phi) is 5.25. The molecule has 0 spiro atoms. The van der Waals surface area contributed by atoms with Crippen molar-refractivity contribution in [2.24, 2.45) is 0 Å². The Morgan fingerprint density at radius 2 is 2.33 bits per heavy atom. The van der Waals surface area contributed by atoms with Gasteiger partial charge in [0.05, 0.1) is 6.61 Å². The number of nitrogens with zero attached hydrogens (tertiary/aromatic N) is 1. The molecule has 0 saturated heterocycles. The molecular formula is C15H21NOS. The molecule has 1 aliphatic rings. The van der Waals surface area contributed by atoms with E-state index in [1.165, 1.54) is 30.7 Å². The minimum absolute atomic E-state index is 0.149. The van der Waals surface area contributed by atoms with Crippen LogP contribution in [0.1, 0.15) is 43.0 Å². The highest BCUT2D eigenvalue weighted by atomic mass is 32.1. The zero-order valence-electron chi connectivity index (χ0n) is 11.0. The maximum Gasteiger partial charge on any atom is 0.0540 e. The summed E-state index contributed by atoms with van der Waals surface area (Å²) < 4.78 is 0. The van der Waals surface area contributed by atoms with Gasteiger partial charge in [-0.3, -0.25) is 4.90 Å². The minimum Gasteiger partial charge on any atom is -0.395 e. The van der Waals surface area contributed by atoms with Crippen molar-refractivity contribution in [3.63, 3.8) is 0 Å². The lowest BCUT2D eigenvalue weighted by atomic mass is 10.2. The van der Waals surface area contributed by atoms with Crippen LogP contribution in [0.4, 0.5) is 0 Å². The average molecular weight is 263 g/mol. The molecule has 3 heteroatoms. The SMILES string of the molecule is CCCN(Cc1sccc1C#CCCO)C1CC1. The fourth-order valence-electron chi connectivity index (χ4n) is 2.09. The van der Waals surface area contributed by atoms with Crippen LogP contribution in [0, 0.1) is 11.8 Å². The maximum atomic E-state index is 8.75. The van der Waals surface area contributed by atoms with Gasteiger partial charge >= 0.3 is 0 Å². The Morgan fingerprint density at radius 1 is 1.50 bits per heavy atom. The molecule has 0 aliphatic heterocycles. The highest BCUT2D eigenvalue weighted by Gasteiger charge is 2.28. The first kappa shape index (κ1) is 13.6. The van der Waals surface area contributed by atoms with Crippen LogP contribution in [-0.2, 0) is 6.54 Å². The molecule has 1 saturated carbocycles. The number of thiophene rings is 1. The van der Waals surface area contributed by atoms with Gasteiger partial charge in [-0.2, -0.15) is 0 Å². The van der Waals surface area contributed by atoms with Crippen LogP contribution in [0.5, 0.6) is 0 Å².